The summed E-state index contributed by atoms with van der Waals surface area (Å²) in [6.07, 6.45) is 0. The molecular formula is C29H24N2O. The maximum atomic E-state index is 14.0. The van der Waals surface area contributed by atoms with Gasteiger partial charge in [0.25, 0.3) is 5.56 Å². The van der Waals surface area contributed by atoms with Crippen molar-refractivity contribution >= 4 is 0 Å². The molecule has 0 bridgehead atoms. The van der Waals surface area contributed by atoms with Crippen LogP contribution in [-0.2, 0) is 7.05 Å². The van der Waals surface area contributed by atoms with Gasteiger partial charge in [-0.1, -0.05) is 109 Å². The number of aromatic nitrogens is 2. The molecule has 0 unspecified atom stereocenters. The lowest BCUT2D eigenvalue weighted by Crippen LogP contribution is -2.20. The van der Waals surface area contributed by atoms with Gasteiger partial charge in [0.05, 0.1) is 16.9 Å². The zero-order valence-corrected chi connectivity index (χ0v) is 18.2. The molecular weight excluding hydrogens is 392 g/mol. The van der Waals surface area contributed by atoms with Crippen molar-refractivity contribution < 1.29 is 0 Å². The van der Waals surface area contributed by atoms with Gasteiger partial charge in [-0.25, -0.2) is 4.68 Å². The molecule has 0 aliphatic carbocycles. The summed E-state index contributed by atoms with van der Waals surface area (Å²) in [6, 6.07) is 36.5. The standard InChI is InChI=1S/C29H24N2O/c1-21-12-11-17-24(20-21)25-18-9-10-19-26(25)31-29(32)27(22-13-5-3-6-14-22)28(30(31)2)23-15-7-4-8-16-23/h3-20H,1-2H3. The first-order chi connectivity index (χ1) is 15.6. The molecule has 0 fully saturated rings. The molecule has 3 nitrogen and oxygen atoms in total. The van der Waals surface area contributed by atoms with Crippen LogP contribution in [0.4, 0.5) is 0 Å². The molecule has 156 valence electrons. The number of para-hydroxylation sites is 1. The molecule has 0 N–H and O–H groups in total. The van der Waals surface area contributed by atoms with E-state index in [0.717, 1.165) is 33.6 Å². The molecule has 0 amide bonds. The summed E-state index contributed by atoms with van der Waals surface area (Å²) in [7, 11) is 1.96. The molecule has 0 spiro atoms. The Balaban J connectivity index is 1.84. The molecule has 1 heterocycles. The number of aryl methyl sites for hydroxylation is 1. The van der Waals surface area contributed by atoms with Gasteiger partial charge in [-0.15, -0.1) is 0 Å². The topological polar surface area (TPSA) is 26.9 Å². The third-order valence-electron chi connectivity index (χ3n) is 5.84. The minimum Gasteiger partial charge on any atom is -0.280 e. The average Bonchev–Trinajstić information content (AvgIpc) is 3.10. The van der Waals surface area contributed by atoms with E-state index in [-0.39, 0.29) is 5.56 Å². The van der Waals surface area contributed by atoms with E-state index in [1.54, 1.807) is 4.68 Å². The number of hydrogen-bond acceptors (Lipinski definition) is 1. The van der Waals surface area contributed by atoms with Gasteiger partial charge < -0.3 is 0 Å². The molecule has 5 aromatic rings. The van der Waals surface area contributed by atoms with Gasteiger partial charge in [0, 0.05) is 18.2 Å². The first-order valence-electron chi connectivity index (χ1n) is 10.7. The van der Waals surface area contributed by atoms with E-state index < -0.39 is 0 Å². The van der Waals surface area contributed by atoms with E-state index in [2.05, 4.69) is 49.4 Å². The van der Waals surface area contributed by atoms with Gasteiger partial charge in [-0.2, -0.15) is 0 Å². The van der Waals surface area contributed by atoms with Crippen molar-refractivity contribution in [2.24, 2.45) is 7.05 Å². The fraction of sp³-hybridized carbons (Fsp3) is 0.0690. The minimum absolute atomic E-state index is 0.0299. The number of benzene rings is 4. The van der Waals surface area contributed by atoms with Gasteiger partial charge >= 0.3 is 0 Å². The van der Waals surface area contributed by atoms with Crippen LogP contribution in [0.5, 0.6) is 0 Å². The number of rotatable bonds is 4. The largest absolute Gasteiger partial charge is 0.280 e. The Morgan fingerprint density at radius 1 is 0.625 bits per heavy atom. The Hall–Kier alpha value is -4.11. The van der Waals surface area contributed by atoms with E-state index in [0.29, 0.717) is 5.56 Å². The molecule has 0 saturated heterocycles. The highest BCUT2D eigenvalue weighted by atomic mass is 16.1. The quantitative estimate of drug-likeness (QED) is 0.329. The van der Waals surface area contributed by atoms with E-state index in [1.807, 2.05) is 78.5 Å². The number of nitrogens with zero attached hydrogens (tertiary/aromatic N) is 2. The normalized spacial score (nSPS) is 10.9. The van der Waals surface area contributed by atoms with Crippen LogP contribution < -0.4 is 5.56 Å². The van der Waals surface area contributed by atoms with Crippen molar-refractivity contribution in [3.8, 4) is 39.2 Å². The molecule has 0 saturated carbocycles. The lowest BCUT2D eigenvalue weighted by molar-refractivity contribution is 0.653. The summed E-state index contributed by atoms with van der Waals surface area (Å²) >= 11 is 0. The molecule has 0 aliphatic heterocycles. The van der Waals surface area contributed by atoms with Crippen LogP contribution in [0.1, 0.15) is 5.56 Å². The monoisotopic (exact) mass is 416 g/mol. The maximum absolute atomic E-state index is 14.0. The first kappa shape index (κ1) is 19.8. The zero-order valence-electron chi connectivity index (χ0n) is 18.2. The van der Waals surface area contributed by atoms with Crippen LogP contribution >= 0.6 is 0 Å². The third-order valence-corrected chi connectivity index (χ3v) is 5.84. The minimum atomic E-state index is -0.0299. The maximum Gasteiger partial charge on any atom is 0.279 e. The zero-order chi connectivity index (χ0) is 22.1. The second-order valence-electron chi connectivity index (χ2n) is 7.98. The first-order valence-corrected chi connectivity index (χ1v) is 10.7. The van der Waals surface area contributed by atoms with Crippen LogP contribution in [0.3, 0.4) is 0 Å². The number of hydrogen-bond donors (Lipinski definition) is 0. The predicted octanol–water partition coefficient (Wildman–Crippen LogP) is 6.49. The van der Waals surface area contributed by atoms with Gasteiger partial charge in [-0.3, -0.25) is 9.48 Å². The summed E-state index contributed by atoms with van der Waals surface area (Å²) in [6.45, 7) is 2.09. The van der Waals surface area contributed by atoms with Crippen molar-refractivity contribution in [3.05, 3.63) is 125 Å². The lowest BCUT2D eigenvalue weighted by Gasteiger charge is -2.15. The molecule has 0 aliphatic rings. The molecule has 32 heavy (non-hydrogen) atoms. The predicted molar refractivity (Wildman–Crippen MR) is 132 cm³/mol. The highest BCUT2D eigenvalue weighted by molar-refractivity contribution is 5.82. The van der Waals surface area contributed by atoms with Crippen molar-refractivity contribution in [2.45, 2.75) is 6.92 Å². The molecule has 0 atom stereocenters. The average molecular weight is 417 g/mol. The van der Waals surface area contributed by atoms with Crippen LogP contribution in [0, 0.1) is 6.92 Å². The second kappa shape index (κ2) is 8.20. The fourth-order valence-corrected chi connectivity index (χ4v) is 4.38. The lowest BCUT2D eigenvalue weighted by atomic mass is 10.0. The van der Waals surface area contributed by atoms with Crippen LogP contribution in [0.15, 0.2) is 114 Å². The summed E-state index contributed by atoms with van der Waals surface area (Å²) < 4.78 is 3.77. The summed E-state index contributed by atoms with van der Waals surface area (Å²) in [5.41, 5.74) is 7.68. The van der Waals surface area contributed by atoms with E-state index >= 15 is 0 Å². The fourth-order valence-electron chi connectivity index (χ4n) is 4.38. The van der Waals surface area contributed by atoms with Gasteiger partial charge in [0.1, 0.15) is 0 Å². The Labute approximate surface area is 187 Å². The smallest absolute Gasteiger partial charge is 0.279 e. The molecule has 3 heteroatoms. The SMILES string of the molecule is Cc1cccc(-c2ccccc2-n2c(=O)c(-c3ccccc3)c(-c3ccccc3)n2C)c1. The van der Waals surface area contributed by atoms with Crippen molar-refractivity contribution in [1.82, 2.24) is 9.36 Å². The second-order valence-corrected chi connectivity index (χ2v) is 7.98. The Morgan fingerprint density at radius 3 is 1.91 bits per heavy atom. The Bertz CT molecular complexity index is 1440. The highest BCUT2D eigenvalue weighted by Crippen LogP contribution is 2.33. The van der Waals surface area contributed by atoms with Crippen LogP contribution in [0.2, 0.25) is 0 Å². The van der Waals surface area contributed by atoms with Crippen molar-refractivity contribution in [3.63, 3.8) is 0 Å². The highest BCUT2D eigenvalue weighted by Gasteiger charge is 2.23. The summed E-state index contributed by atoms with van der Waals surface area (Å²) in [5.74, 6) is 0. The summed E-state index contributed by atoms with van der Waals surface area (Å²) in [5, 5.41) is 0. The van der Waals surface area contributed by atoms with Gasteiger partial charge in [-0.05, 0) is 24.1 Å². The molecule has 1 aromatic heterocycles. The Morgan fingerprint density at radius 2 is 1.22 bits per heavy atom. The van der Waals surface area contributed by atoms with E-state index in [1.165, 1.54) is 5.56 Å². The van der Waals surface area contributed by atoms with Crippen LogP contribution in [-0.4, -0.2) is 9.36 Å². The van der Waals surface area contributed by atoms with E-state index in [4.69, 9.17) is 0 Å². The third kappa shape index (κ3) is 3.38. The Kier molecular flexibility index (Phi) is 5.08. The molecule has 4 aromatic carbocycles. The van der Waals surface area contributed by atoms with E-state index in [9.17, 15) is 4.79 Å². The van der Waals surface area contributed by atoms with Crippen molar-refractivity contribution in [1.29, 1.82) is 0 Å². The van der Waals surface area contributed by atoms with Crippen molar-refractivity contribution in [2.75, 3.05) is 0 Å². The molecule has 0 radical (unpaired) electrons. The molecule has 5 rings (SSSR count). The van der Waals surface area contributed by atoms with Gasteiger partial charge in [0.15, 0.2) is 0 Å². The van der Waals surface area contributed by atoms with Gasteiger partial charge in [0.2, 0.25) is 0 Å². The van der Waals surface area contributed by atoms with Crippen LogP contribution in [0.25, 0.3) is 39.2 Å². The summed E-state index contributed by atoms with van der Waals surface area (Å²) in [4.78, 5) is 14.0.